The number of nitrogens with zero attached hydrogens (tertiary/aromatic N) is 6. The predicted molar refractivity (Wildman–Crippen MR) is 171 cm³/mol. The highest BCUT2D eigenvalue weighted by Crippen LogP contribution is 2.43. The molecule has 0 spiro atoms. The number of methoxy groups -OCH3 is 2. The van der Waals surface area contributed by atoms with Crippen molar-refractivity contribution in [2.24, 2.45) is 4.99 Å². The molecule has 6 rings (SSSR count). The van der Waals surface area contributed by atoms with E-state index in [2.05, 4.69) is 19.9 Å². The molecule has 2 N–H and O–H groups in total. The van der Waals surface area contributed by atoms with Gasteiger partial charge in [-0.2, -0.15) is 0 Å². The fourth-order valence-electron chi connectivity index (χ4n) is 5.67. The molecule has 1 saturated heterocycles. The molecule has 5 aromatic rings. The average molecular weight is 625 g/mol. The van der Waals surface area contributed by atoms with Crippen LogP contribution in [0.15, 0.2) is 96.5 Å². The summed E-state index contributed by atoms with van der Waals surface area (Å²) >= 11 is 0. The van der Waals surface area contributed by atoms with Crippen LogP contribution in [0.1, 0.15) is 22.9 Å². The van der Waals surface area contributed by atoms with Crippen LogP contribution in [0.4, 0.5) is 5.82 Å². The lowest BCUT2D eigenvalue weighted by Crippen LogP contribution is -2.39. The number of fused-ring (bicyclic) bond motifs is 1. The number of aliphatic hydroxyl groups is 2. The van der Waals surface area contributed by atoms with Gasteiger partial charge in [-0.3, -0.25) is 4.57 Å². The van der Waals surface area contributed by atoms with Crippen molar-refractivity contribution < 1.29 is 29.2 Å². The third kappa shape index (κ3) is 5.79. The Hall–Kier alpha value is -4.88. The van der Waals surface area contributed by atoms with E-state index in [0.29, 0.717) is 28.5 Å². The smallest absolute Gasteiger partial charge is 0.184 e. The van der Waals surface area contributed by atoms with Gasteiger partial charge in [0.05, 0.1) is 33.5 Å². The molecule has 0 aliphatic carbocycles. The Morgan fingerprint density at radius 1 is 0.848 bits per heavy atom. The summed E-state index contributed by atoms with van der Waals surface area (Å²) in [7, 11) is 6.94. The van der Waals surface area contributed by atoms with E-state index in [1.807, 2.05) is 93.0 Å². The largest absolute Gasteiger partial charge is 0.497 e. The zero-order valence-electron chi connectivity index (χ0n) is 26.0. The van der Waals surface area contributed by atoms with E-state index < -0.39 is 30.1 Å². The van der Waals surface area contributed by atoms with Crippen molar-refractivity contribution in [1.29, 1.82) is 0 Å². The molecule has 1 fully saturated rings. The molecular formula is C34H36N6O6. The second-order valence-corrected chi connectivity index (χ2v) is 11.1. The van der Waals surface area contributed by atoms with Crippen LogP contribution in [0, 0.1) is 0 Å². The molecule has 2 aromatic heterocycles. The lowest BCUT2D eigenvalue weighted by molar-refractivity contribution is -0.0942. The Labute approximate surface area is 266 Å². The average Bonchev–Trinajstić information content (AvgIpc) is 3.65. The molecule has 0 amide bonds. The lowest BCUT2D eigenvalue weighted by Gasteiger charge is -2.37. The van der Waals surface area contributed by atoms with Gasteiger partial charge in [-0.25, -0.2) is 19.9 Å². The van der Waals surface area contributed by atoms with Crippen LogP contribution in [-0.2, 0) is 15.1 Å². The van der Waals surface area contributed by atoms with Crippen molar-refractivity contribution in [1.82, 2.24) is 24.4 Å². The summed E-state index contributed by atoms with van der Waals surface area (Å²) in [5, 5.41) is 22.5. The van der Waals surface area contributed by atoms with Crippen LogP contribution in [0.3, 0.4) is 0 Å². The molecule has 3 aromatic carbocycles. The first-order valence-corrected chi connectivity index (χ1v) is 14.7. The fraction of sp³-hybridized carbons (Fsp3) is 0.294. The van der Waals surface area contributed by atoms with Gasteiger partial charge in [0.2, 0.25) is 0 Å². The molecule has 46 heavy (non-hydrogen) atoms. The molecule has 4 atom stereocenters. The third-order valence-electron chi connectivity index (χ3n) is 8.00. The molecule has 1 aliphatic heterocycles. The maximum Gasteiger partial charge on any atom is 0.184 e. The first kappa shape index (κ1) is 31.1. The van der Waals surface area contributed by atoms with E-state index >= 15 is 0 Å². The predicted octanol–water partition coefficient (Wildman–Crippen LogP) is 3.69. The summed E-state index contributed by atoms with van der Waals surface area (Å²) in [4.78, 5) is 19.2. The highest BCUT2D eigenvalue weighted by Gasteiger charge is 2.47. The molecule has 1 aliphatic rings. The van der Waals surface area contributed by atoms with E-state index in [4.69, 9.17) is 18.9 Å². The Morgan fingerprint density at radius 2 is 1.46 bits per heavy atom. The highest BCUT2D eigenvalue weighted by atomic mass is 16.6. The number of hydrogen-bond donors (Lipinski definition) is 2. The maximum absolute atomic E-state index is 11.3. The number of hydrogen-bond acceptors (Lipinski definition) is 10. The van der Waals surface area contributed by atoms with E-state index in [9.17, 15) is 10.2 Å². The van der Waals surface area contributed by atoms with E-state index in [-0.39, 0.29) is 6.61 Å². The van der Waals surface area contributed by atoms with Gasteiger partial charge in [-0.1, -0.05) is 54.6 Å². The number of aliphatic imine (C=N–C) groups is 1. The van der Waals surface area contributed by atoms with Gasteiger partial charge in [0.1, 0.15) is 41.7 Å². The second kappa shape index (κ2) is 13.2. The third-order valence-corrected chi connectivity index (χ3v) is 8.00. The topological polar surface area (TPSA) is 137 Å². The van der Waals surface area contributed by atoms with E-state index in [0.717, 1.165) is 16.7 Å². The fourth-order valence-corrected chi connectivity index (χ4v) is 5.67. The van der Waals surface area contributed by atoms with Crippen LogP contribution >= 0.6 is 0 Å². The number of aromatic nitrogens is 4. The Morgan fingerprint density at radius 3 is 2.04 bits per heavy atom. The van der Waals surface area contributed by atoms with Gasteiger partial charge in [0.15, 0.2) is 23.2 Å². The SMILES string of the molecule is COc1ccc(C(OC[C@H]2O[C@@H](n3cnc4c(N=CN(C)C)ncnc43)C(O)C2O)(c2ccccc2)c2ccc(OC)cc2)cc1. The van der Waals surface area contributed by atoms with Gasteiger partial charge in [0, 0.05) is 14.1 Å². The van der Waals surface area contributed by atoms with Gasteiger partial charge >= 0.3 is 0 Å². The van der Waals surface area contributed by atoms with Crippen molar-refractivity contribution in [2.75, 3.05) is 34.9 Å². The van der Waals surface area contributed by atoms with Crippen molar-refractivity contribution >= 4 is 23.3 Å². The molecule has 2 unspecified atom stereocenters. The lowest BCUT2D eigenvalue weighted by atomic mass is 9.80. The minimum atomic E-state index is -1.29. The molecule has 0 bridgehead atoms. The summed E-state index contributed by atoms with van der Waals surface area (Å²) < 4.78 is 25.7. The minimum Gasteiger partial charge on any atom is -0.497 e. The summed E-state index contributed by atoms with van der Waals surface area (Å²) in [5.41, 5.74) is 2.24. The highest BCUT2D eigenvalue weighted by molar-refractivity contribution is 5.83. The zero-order chi connectivity index (χ0) is 32.3. The maximum atomic E-state index is 11.3. The van der Waals surface area contributed by atoms with E-state index in [1.54, 1.807) is 30.0 Å². The number of aliphatic hydroxyl groups excluding tert-OH is 2. The van der Waals surface area contributed by atoms with Crippen LogP contribution < -0.4 is 9.47 Å². The van der Waals surface area contributed by atoms with Crippen molar-refractivity contribution in [3.05, 3.63) is 108 Å². The van der Waals surface area contributed by atoms with Gasteiger partial charge in [-0.15, -0.1) is 0 Å². The molecule has 12 nitrogen and oxygen atoms in total. The summed E-state index contributed by atoms with van der Waals surface area (Å²) in [5.74, 6) is 1.78. The summed E-state index contributed by atoms with van der Waals surface area (Å²) in [6.07, 6.45) is 0.0505. The normalized spacial score (nSPS) is 20.0. The van der Waals surface area contributed by atoms with Crippen LogP contribution in [0.2, 0.25) is 0 Å². The molecule has 238 valence electrons. The molecule has 3 heterocycles. The number of imidazole rings is 1. The van der Waals surface area contributed by atoms with Crippen molar-refractivity contribution in [3.8, 4) is 11.5 Å². The minimum absolute atomic E-state index is 0.0678. The number of rotatable bonds is 11. The molecular weight excluding hydrogens is 588 g/mol. The van der Waals surface area contributed by atoms with Gasteiger partial charge in [-0.05, 0) is 41.0 Å². The monoisotopic (exact) mass is 624 g/mol. The Bertz CT molecular complexity index is 1730. The van der Waals surface area contributed by atoms with Crippen molar-refractivity contribution in [2.45, 2.75) is 30.1 Å². The molecule has 0 radical (unpaired) electrons. The number of ether oxygens (including phenoxy) is 4. The van der Waals surface area contributed by atoms with Crippen molar-refractivity contribution in [3.63, 3.8) is 0 Å². The standard InChI is InChI=1S/C34H36N6O6/c1-39(2)20-38-31-28-32(36-19-35-31)40(21-37-28)33-30(42)29(41)27(46-33)18-45-34(22-8-6-5-7-9-22,23-10-14-25(43-3)15-11-23)24-12-16-26(44-4)17-13-24/h5-17,19-21,27,29-30,33,41-42H,18H2,1-4H3/t27-,29?,30?,33-/m1/s1. The second-order valence-electron chi connectivity index (χ2n) is 11.1. The summed E-state index contributed by atoms with van der Waals surface area (Å²) in [6.45, 7) is -0.0678. The molecule has 0 saturated carbocycles. The van der Waals surface area contributed by atoms with E-state index in [1.165, 1.54) is 12.7 Å². The van der Waals surface area contributed by atoms with Gasteiger partial charge < -0.3 is 34.1 Å². The quantitative estimate of drug-likeness (QED) is 0.127. The van der Waals surface area contributed by atoms with Gasteiger partial charge in [0.25, 0.3) is 0 Å². The van der Waals surface area contributed by atoms with Crippen LogP contribution in [0.25, 0.3) is 11.2 Å². The first-order valence-electron chi connectivity index (χ1n) is 14.7. The summed E-state index contributed by atoms with van der Waals surface area (Å²) in [6, 6.07) is 25.1. The van der Waals surface area contributed by atoms with Crippen LogP contribution in [-0.4, -0.2) is 94.2 Å². The number of benzene rings is 3. The van der Waals surface area contributed by atoms with Crippen LogP contribution in [0.5, 0.6) is 11.5 Å². The Kier molecular flexibility index (Phi) is 8.95. The molecule has 12 heteroatoms. The Balaban J connectivity index is 1.36. The zero-order valence-corrected chi connectivity index (χ0v) is 26.0. The first-order chi connectivity index (χ1) is 22.3.